The van der Waals surface area contributed by atoms with Crippen LogP contribution in [0.15, 0.2) is 21.7 Å². The lowest BCUT2D eigenvalue weighted by atomic mass is 10.2. The van der Waals surface area contributed by atoms with Crippen molar-refractivity contribution in [3.05, 3.63) is 35.3 Å². The Morgan fingerprint density at radius 2 is 2.27 bits per heavy atom. The first-order valence-corrected chi connectivity index (χ1v) is 9.03. The lowest BCUT2D eigenvalue weighted by Gasteiger charge is -2.23. The molecule has 2 aromatic rings. The molecule has 2 aromatic heterocycles. The molecular weight excluding hydrogens is 332 g/mol. The SMILES string of the molecule is Cc1occc1CN(C)C(=NCc1nnc(C)n1C)NCC1CCCO1. The Kier molecular flexibility index (Phi) is 5.92. The van der Waals surface area contributed by atoms with Gasteiger partial charge in [0.25, 0.3) is 0 Å². The Balaban J connectivity index is 1.70. The highest BCUT2D eigenvalue weighted by Gasteiger charge is 2.17. The zero-order valence-electron chi connectivity index (χ0n) is 16.0. The fourth-order valence-corrected chi connectivity index (χ4v) is 2.96. The number of aryl methyl sites for hydroxylation is 2. The second-order valence-corrected chi connectivity index (χ2v) is 6.74. The van der Waals surface area contributed by atoms with Crippen molar-refractivity contribution < 1.29 is 9.15 Å². The van der Waals surface area contributed by atoms with Gasteiger partial charge in [-0.15, -0.1) is 10.2 Å². The lowest BCUT2D eigenvalue weighted by Crippen LogP contribution is -2.42. The zero-order chi connectivity index (χ0) is 18.5. The van der Waals surface area contributed by atoms with E-state index >= 15 is 0 Å². The first-order chi connectivity index (χ1) is 12.5. The van der Waals surface area contributed by atoms with Crippen molar-refractivity contribution in [2.75, 3.05) is 20.2 Å². The van der Waals surface area contributed by atoms with Gasteiger partial charge < -0.3 is 23.9 Å². The number of aliphatic imine (C=N–C) groups is 1. The van der Waals surface area contributed by atoms with E-state index in [0.29, 0.717) is 6.54 Å². The molecule has 1 aliphatic heterocycles. The van der Waals surface area contributed by atoms with E-state index in [1.54, 1.807) is 6.26 Å². The summed E-state index contributed by atoms with van der Waals surface area (Å²) in [6, 6.07) is 2.00. The van der Waals surface area contributed by atoms with E-state index in [2.05, 4.69) is 20.4 Å². The molecule has 0 bridgehead atoms. The van der Waals surface area contributed by atoms with Gasteiger partial charge in [-0.3, -0.25) is 0 Å². The van der Waals surface area contributed by atoms with Crippen LogP contribution in [0.4, 0.5) is 0 Å². The number of nitrogens with one attached hydrogen (secondary N) is 1. The molecular formula is C18H28N6O2. The highest BCUT2D eigenvalue weighted by molar-refractivity contribution is 5.79. The molecule has 1 atom stereocenters. The monoisotopic (exact) mass is 360 g/mol. The maximum atomic E-state index is 5.72. The van der Waals surface area contributed by atoms with E-state index < -0.39 is 0 Å². The first-order valence-electron chi connectivity index (χ1n) is 9.03. The highest BCUT2D eigenvalue weighted by atomic mass is 16.5. The molecule has 0 aromatic carbocycles. The van der Waals surface area contributed by atoms with Gasteiger partial charge in [0.2, 0.25) is 0 Å². The van der Waals surface area contributed by atoms with Crippen LogP contribution >= 0.6 is 0 Å². The van der Waals surface area contributed by atoms with E-state index in [-0.39, 0.29) is 6.10 Å². The van der Waals surface area contributed by atoms with E-state index in [4.69, 9.17) is 14.1 Å². The Labute approximate surface area is 154 Å². The minimum atomic E-state index is 0.251. The van der Waals surface area contributed by atoms with Crippen molar-refractivity contribution in [3.63, 3.8) is 0 Å². The number of ether oxygens (including phenoxy) is 1. The van der Waals surface area contributed by atoms with Crippen LogP contribution in [-0.4, -0.2) is 51.9 Å². The number of hydrogen-bond acceptors (Lipinski definition) is 5. The van der Waals surface area contributed by atoms with Crippen LogP contribution in [-0.2, 0) is 24.9 Å². The third-order valence-corrected chi connectivity index (χ3v) is 4.80. The smallest absolute Gasteiger partial charge is 0.194 e. The number of guanidine groups is 1. The minimum Gasteiger partial charge on any atom is -0.469 e. The number of furan rings is 1. The van der Waals surface area contributed by atoms with Crippen molar-refractivity contribution in [3.8, 4) is 0 Å². The van der Waals surface area contributed by atoms with E-state index in [1.807, 2.05) is 38.6 Å². The van der Waals surface area contributed by atoms with E-state index in [9.17, 15) is 0 Å². The third-order valence-electron chi connectivity index (χ3n) is 4.80. The quantitative estimate of drug-likeness (QED) is 0.625. The molecule has 3 rings (SSSR count). The number of nitrogens with zero attached hydrogens (tertiary/aromatic N) is 5. The average Bonchev–Trinajstić information content (AvgIpc) is 3.34. The largest absolute Gasteiger partial charge is 0.469 e. The van der Waals surface area contributed by atoms with Crippen LogP contribution in [0.1, 0.15) is 35.8 Å². The Morgan fingerprint density at radius 3 is 2.88 bits per heavy atom. The second kappa shape index (κ2) is 8.35. The molecule has 26 heavy (non-hydrogen) atoms. The summed E-state index contributed by atoms with van der Waals surface area (Å²) in [5.41, 5.74) is 1.15. The van der Waals surface area contributed by atoms with Gasteiger partial charge in [-0.2, -0.15) is 0 Å². The summed E-state index contributed by atoms with van der Waals surface area (Å²) in [6.07, 6.45) is 4.19. The Morgan fingerprint density at radius 1 is 1.42 bits per heavy atom. The Bertz CT molecular complexity index is 745. The summed E-state index contributed by atoms with van der Waals surface area (Å²) in [4.78, 5) is 6.85. The predicted octanol–water partition coefficient (Wildman–Crippen LogP) is 1.78. The molecule has 142 valence electrons. The van der Waals surface area contributed by atoms with Crippen LogP contribution in [0.2, 0.25) is 0 Å². The highest BCUT2D eigenvalue weighted by Crippen LogP contribution is 2.13. The fourth-order valence-electron chi connectivity index (χ4n) is 2.96. The molecule has 0 saturated carbocycles. The van der Waals surface area contributed by atoms with Crippen LogP contribution in [0.5, 0.6) is 0 Å². The minimum absolute atomic E-state index is 0.251. The van der Waals surface area contributed by atoms with Crippen molar-refractivity contribution in [1.82, 2.24) is 25.0 Å². The topological polar surface area (TPSA) is 80.7 Å². The molecule has 1 aliphatic rings. The van der Waals surface area contributed by atoms with Crippen molar-refractivity contribution in [2.24, 2.45) is 12.0 Å². The first kappa shape index (κ1) is 18.4. The average molecular weight is 360 g/mol. The van der Waals surface area contributed by atoms with Gasteiger partial charge in [0.05, 0.1) is 12.4 Å². The molecule has 1 fully saturated rings. The van der Waals surface area contributed by atoms with E-state index in [1.165, 1.54) is 0 Å². The fraction of sp³-hybridized carbons (Fsp3) is 0.611. The number of hydrogen-bond donors (Lipinski definition) is 1. The maximum Gasteiger partial charge on any atom is 0.194 e. The normalized spacial score (nSPS) is 17.7. The molecule has 3 heterocycles. The summed E-state index contributed by atoms with van der Waals surface area (Å²) in [5, 5.41) is 11.7. The lowest BCUT2D eigenvalue weighted by molar-refractivity contribution is 0.113. The van der Waals surface area contributed by atoms with Gasteiger partial charge in [-0.25, -0.2) is 4.99 Å². The predicted molar refractivity (Wildman–Crippen MR) is 98.8 cm³/mol. The zero-order valence-corrected chi connectivity index (χ0v) is 16.0. The molecule has 0 spiro atoms. The Hall–Kier alpha value is -2.35. The van der Waals surface area contributed by atoms with Crippen molar-refractivity contribution in [2.45, 2.75) is 45.9 Å². The molecule has 0 radical (unpaired) electrons. The van der Waals surface area contributed by atoms with Crippen molar-refractivity contribution in [1.29, 1.82) is 0 Å². The maximum absolute atomic E-state index is 5.72. The van der Waals surface area contributed by atoms with Gasteiger partial charge in [-0.05, 0) is 32.8 Å². The second-order valence-electron chi connectivity index (χ2n) is 6.74. The summed E-state index contributed by atoms with van der Waals surface area (Å²) in [5.74, 6) is 3.47. The van der Waals surface area contributed by atoms with Gasteiger partial charge in [-0.1, -0.05) is 0 Å². The molecule has 0 amide bonds. The van der Waals surface area contributed by atoms with Crippen LogP contribution in [0, 0.1) is 13.8 Å². The standard InChI is InChI=1S/C18H28N6O2/c1-13-15(7-9-25-13)12-23(3)18(19-10-16-6-5-8-26-16)20-11-17-22-21-14(2)24(17)4/h7,9,16H,5-6,8,10-12H2,1-4H3,(H,19,20). The number of aromatic nitrogens is 3. The van der Waals surface area contributed by atoms with Gasteiger partial charge in [0, 0.05) is 39.4 Å². The molecule has 1 N–H and O–H groups in total. The van der Waals surface area contributed by atoms with Gasteiger partial charge >= 0.3 is 0 Å². The molecule has 8 heteroatoms. The molecule has 0 aliphatic carbocycles. The third kappa shape index (κ3) is 4.43. The summed E-state index contributed by atoms with van der Waals surface area (Å²) >= 11 is 0. The van der Waals surface area contributed by atoms with Gasteiger partial charge in [0.1, 0.15) is 18.1 Å². The molecule has 1 saturated heterocycles. The summed E-state index contributed by atoms with van der Waals surface area (Å²) in [6.45, 7) is 6.71. The molecule has 8 nitrogen and oxygen atoms in total. The molecule has 1 unspecified atom stereocenters. The number of rotatable bonds is 6. The summed E-state index contributed by atoms with van der Waals surface area (Å²) in [7, 11) is 3.98. The van der Waals surface area contributed by atoms with Crippen LogP contribution in [0.25, 0.3) is 0 Å². The van der Waals surface area contributed by atoms with Crippen LogP contribution < -0.4 is 5.32 Å². The van der Waals surface area contributed by atoms with Gasteiger partial charge in [0.15, 0.2) is 11.8 Å². The summed E-state index contributed by atoms with van der Waals surface area (Å²) < 4.78 is 13.1. The van der Waals surface area contributed by atoms with E-state index in [0.717, 1.165) is 61.5 Å². The van der Waals surface area contributed by atoms with Crippen LogP contribution in [0.3, 0.4) is 0 Å². The van der Waals surface area contributed by atoms with Crippen molar-refractivity contribution >= 4 is 5.96 Å².